The lowest BCUT2D eigenvalue weighted by atomic mass is 10.3. The maximum atomic E-state index is 11.2. The Bertz CT molecular complexity index is 397. The summed E-state index contributed by atoms with van der Waals surface area (Å²) in [4.78, 5) is 14.6. The Hall–Kier alpha value is -0.480. The molecule has 1 N–H and O–H groups in total. The minimum atomic E-state index is -1.68. The van der Waals surface area contributed by atoms with E-state index in [4.69, 9.17) is 46.4 Å². The summed E-state index contributed by atoms with van der Waals surface area (Å²) in [5, 5.41) is 3.04. The first-order valence-electron chi connectivity index (χ1n) is 4.05. The summed E-state index contributed by atoms with van der Waals surface area (Å²) in [7, 11) is 0. The van der Waals surface area contributed by atoms with E-state index in [9.17, 15) is 4.79 Å². The van der Waals surface area contributed by atoms with Crippen molar-refractivity contribution in [1.82, 2.24) is 0 Å². The van der Waals surface area contributed by atoms with E-state index >= 15 is 0 Å². The van der Waals surface area contributed by atoms with Gasteiger partial charge in [-0.15, -0.1) is 0 Å². The van der Waals surface area contributed by atoms with Gasteiger partial charge in [-0.05, 0) is 24.3 Å². The molecule has 0 aromatic heterocycles. The first-order chi connectivity index (χ1) is 7.37. The van der Waals surface area contributed by atoms with E-state index in [-0.39, 0.29) is 0 Å². The zero-order chi connectivity index (χ0) is 12.2. The van der Waals surface area contributed by atoms with Crippen molar-refractivity contribution in [2.75, 3.05) is 5.32 Å². The highest BCUT2D eigenvalue weighted by Gasteiger charge is 2.16. The number of benzene rings is 1. The van der Waals surface area contributed by atoms with Crippen LogP contribution in [0.1, 0.15) is 0 Å². The van der Waals surface area contributed by atoms with E-state index in [1.807, 2.05) is 0 Å². The molecule has 0 aliphatic rings. The third kappa shape index (κ3) is 5.56. The zero-order valence-corrected chi connectivity index (χ0v) is 10.8. The molecule has 0 spiro atoms. The molecule has 0 heterocycles. The lowest BCUT2D eigenvalue weighted by Crippen LogP contribution is -2.10. The molecule has 0 atom stereocenters. The fraction of sp³-hybridized carbons (Fsp3) is 0.111. The lowest BCUT2D eigenvalue weighted by Gasteiger charge is -2.03. The van der Waals surface area contributed by atoms with Crippen LogP contribution in [-0.2, 0) is 0 Å². The number of rotatable bonds is 1. The van der Waals surface area contributed by atoms with Crippen LogP contribution in [0.4, 0.5) is 10.5 Å². The number of anilines is 1. The van der Waals surface area contributed by atoms with Crippen molar-refractivity contribution in [2.24, 2.45) is 4.99 Å². The van der Waals surface area contributed by atoms with Gasteiger partial charge in [0.05, 0.1) is 6.21 Å². The van der Waals surface area contributed by atoms with Gasteiger partial charge in [-0.1, -0.05) is 46.4 Å². The monoisotopic (exact) mass is 298 g/mol. The van der Waals surface area contributed by atoms with E-state index in [1.165, 1.54) is 0 Å². The van der Waals surface area contributed by atoms with Crippen LogP contribution in [0.5, 0.6) is 0 Å². The Morgan fingerprint density at radius 3 is 2.31 bits per heavy atom. The molecule has 0 saturated heterocycles. The number of aliphatic imine (C=N–C) groups is 1. The Morgan fingerprint density at radius 1 is 1.25 bits per heavy atom. The fourth-order valence-corrected chi connectivity index (χ4v) is 1.09. The number of alkyl halides is 3. The summed E-state index contributed by atoms with van der Waals surface area (Å²) in [5.41, 5.74) is 0.552. The Labute approximate surface area is 112 Å². The van der Waals surface area contributed by atoms with Crippen LogP contribution >= 0.6 is 46.4 Å². The molecular formula is C9H6Cl4N2O. The SMILES string of the molecule is O=C(N=CC(Cl)(Cl)Cl)Nc1ccc(Cl)cc1. The molecular weight excluding hydrogens is 294 g/mol. The first-order valence-corrected chi connectivity index (χ1v) is 5.56. The van der Waals surface area contributed by atoms with Crippen molar-refractivity contribution >= 4 is 64.3 Å². The summed E-state index contributed by atoms with van der Waals surface area (Å²) in [6.45, 7) is 0. The summed E-state index contributed by atoms with van der Waals surface area (Å²) >= 11 is 21.8. The molecule has 86 valence electrons. The molecule has 1 rings (SSSR count). The number of urea groups is 1. The molecule has 0 aliphatic heterocycles. The molecule has 0 aliphatic carbocycles. The van der Waals surface area contributed by atoms with Gasteiger partial charge in [0.25, 0.3) is 0 Å². The van der Waals surface area contributed by atoms with Crippen LogP contribution < -0.4 is 5.32 Å². The highest BCUT2D eigenvalue weighted by atomic mass is 35.6. The Morgan fingerprint density at radius 2 is 1.81 bits per heavy atom. The van der Waals surface area contributed by atoms with Crippen LogP contribution in [0.15, 0.2) is 29.3 Å². The third-order valence-corrected chi connectivity index (χ3v) is 1.97. The van der Waals surface area contributed by atoms with Crippen LogP contribution in [0, 0.1) is 0 Å². The summed E-state index contributed by atoms with van der Waals surface area (Å²) in [6, 6.07) is 5.90. The number of carbonyl (C=O) groups is 1. The van der Waals surface area contributed by atoms with Gasteiger partial charge in [0.15, 0.2) is 0 Å². The Balaban J connectivity index is 2.59. The van der Waals surface area contributed by atoms with Gasteiger partial charge in [-0.25, -0.2) is 9.79 Å². The van der Waals surface area contributed by atoms with E-state index in [0.717, 1.165) is 6.21 Å². The van der Waals surface area contributed by atoms with Crippen molar-refractivity contribution in [2.45, 2.75) is 3.79 Å². The number of halogens is 4. The van der Waals surface area contributed by atoms with Crippen molar-refractivity contribution in [3.63, 3.8) is 0 Å². The first kappa shape index (κ1) is 13.6. The average molecular weight is 300 g/mol. The van der Waals surface area contributed by atoms with Crippen molar-refractivity contribution in [3.05, 3.63) is 29.3 Å². The maximum absolute atomic E-state index is 11.2. The van der Waals surface area contributed by atoms with Gasteiger partial charge in [-0.2, -0.15) is 0 Å². The second kappa shape index (κ2) is 5.73. The molecule has 0 unspecified atom stereocenters. The number of hydrogen-bond donors (Lipinski definition) is 1. The number of carbonyl (C=O) groups excluding carboxylic acids is 1. The maximum Gasteiger partial charge on any atom is 0.345 e. The van der Waals surface area contributed by atoms with E-state index in [2.05, 4.69) is 10.3 Å². The van der Waals surface area contributed by atoms with Gasteiger partial charge in [0, 0.05) is 10.7 Å². The zero-order valence-electron chi connectivity index (χ0n) is 7.75. The Kier molecular flexibility index (Phi) is 4.87. The van der Waals surface area contributed by atoms with Gasteiger partial charge in [0.2, 0.25) is 3.79 Å². The normalized spacial score (nSPS) is 11.8. The van der Waals surface area contributed by atoms with Gasteiger partial charge in [0.1, 0.15) is 0 Å². The summed E-state index contributed by atoms with van der Waals surface area (Å²) < 4.78 is -1.68. The third-order valence-electron chi connectivity index (χ3n) is 1.42. The predicted molar refractivity (Wildman–Crippen MR) is 69.3 cm³/mol. The molecule has 7 heteroatoms. The highest BCUT2D eigenvalue weighted by Crippen LogP contribution is 2.23. The molecule has 1 aromatic carbocycles. The summed E-state index contributed by atoms with van der Waals surface area (Å²) in [5.74, 6) is 0. The summed E-state index contributed by atoms with van der Waals surface area (Å²) in [6.07, 6.45) is 0.920. The van der Waals surface area contributed by atoms with Crippen molar-refractivity contribution in [3.8, 4) is 0 Å². The smallest absolute Gasteiger partial charge is 0.306 e. The molecule has 0 fully saturated rings. The molecule has 0 bridgehead atoms. The minimum absolute atomic E-state index is 0.552. The fourth-order valence-electron chi connectivity index (χ4n) is 0.821. The van der Waals surface area contributed by atoms with E-state index in [1.54, 1.807) is 24.3 Å². The second-order valence-electron chi connectivity index (χ2n) is 2.74. The molecule has 16 heavy (non-hydrogen) atoms. The quantitative estimate of drug-likeness (QED) is 0.609. The number of nitrogens with one attached hydrogen (secondary N) is 1. The standard InChI is InChI=1S/C9H6Cl4N2O/c10-6-1-3-7(4-2-6)15-8(16)14-5-9(11,12)13/h1-5H,(H,15,16). The van der Waals surface area contributed by atoms with E-state index < -0.39 is 9.82 Å². The van der Waals surface area contributed by atoms with Gasteiger partial charge >= 0.3 is 6.03 Å². The molecule has 2 amide bonds. The van der Waals surface area contributed by atoms with Crippen LogP contribution in [-0.4, -0.2) is 16.0 Å². The second-order valence-corrected chi connectivity index (χ2v) is 5.54. The van der Waals surface area contributed by atoms with Gasteiger partial charge < -0.3 is 5.32 Å². The number of nitrogens with zero attached hydrogens (tertiary/aromatic N) is 1. The predicted octanol–water partition coefficient (Wildman–Crippen LogP) is 4.31. The van der Waals surface area contributed by atoms with Crippen LogP contribution in [0.3, 0.4) is 0 Å². The molecule has 3 nitrogen and oxygen atoms in total. The topological polar surface area (TPSA) is 41.5 Å². The molecule has 0 saturated carbocycles. The number of amides is 2. The van der Waals surface area contributed by atoms with Crippen molar-refractivity contribution in [1.29, 1.82) is 0 Å². The minimum Gasteiger partial charge on any atom is -0.306 e. The van der Waals surface area contributed by atoms with Crippen molar-refractivity contribution < 1.29 is 4.79 Å². The molecule has 0 radical (unpaired) electrons. The van der Waals surface area contributed by atoms with E-state index in [0.29, 0.717) is 10.7 Å². The van der Waals surface area contributed by atoms with Gasteiger partial charge in [-0.3, -0.25) is 0 Å². The van der Waals surface area contributed by atoms with Crippen LogP contribution in [0.2, 0.25) is 5.02 Å². The largest absolute Gasteiger partial charge is 0.345 e. The van der Waals surface area contributed by atoms with Crippen LogP contribution in [0.25, 0.3) is 0 Å². The lowest BCUT2D eigenvalue weighted by molar-refractivity contribution is 0.259. The highest BCUT2D eigenvalue weighted by molar-refractivity contribution is 6.74. The molecule has 1 aromatic rings. The average Bonchev–Trinajstić information content (AvgIpc) is 2.18. The number of hydrogen-bond acceptors (Lipinski definition) is 1.